The molecule has 1 aromatic heterocycles. The van der Waals surface area contributed by atoms with Gasteiger partial charge in [-0.3, -0.25) is 4.79 Å². The van der Waals surface area contributed by atoms with Gasteiger partial charge in [-0.25, -0.2) is 9.97 Å². The van der Waals surface area contributed by atoms with Crippen LogP contribution in [0.1, 0.15) is 36.1 Å². The highest BCUT2D eigenvalue weighted by atomic mass is 35.5. The largest absolute Gasteiger partial charge is 0.311 e. The number of nitrogens with zero attached hydrogens (tertiary/aromatic N) is 5. The molecule has 6 nitrogen and oxygen atoms in total. The molecule has 0 aliphatic heterocycles. The number of carbonyl (C=O) groups is 1. The molecule has 1 heterocycles. The topological polar surface area (TPSA) is 93.7 Å². The van der Waals surface area contributed by atoms with Gasteiger partial charge in [0, 0.05) is 5.92 Å². The zero-order chi connectivity index (χ0) is 14.4. The van der Waals surface area contributed by atoms with Gasteiger partial charge in [0.2, 0.25) is 0 Å². The van der Waals surface area contributed by atoms with Crippen LogP contribution in [0, 0.1) is 22.7 Å². The Labute approximate surface area is 116 Å². The summed E-state index contributed by atoms with van der Waals surface area (Å²) in [5.41, 5.74) is 0.0193. The van der Waals surface area contributed by atoms with Crippen molar-refractivity contribution in [1.82, 2.24) is 14.9 Å². The molecule has 19 heavy (non-hydrogen) atoms. The predicted molar refractivity (Wildman–Crippen MR) is 68.3 cm³/mol. The van der Waals surface area contributed by atoms with Crippen molar-refractivity contribution in [3.63, 3.8) is 0 Å². The molecular formula is C12H12ClN5O. The maximum Gasteiger partial charge on any atom is 0.275 e. The van der Waals surface area contributed by atoms with E-state index in [0.717, 1.165) is 4.90 Å². The van der Waals surface area contributed by atoms with E-state index in [1.807, 2.05) is 26.0 Å². The van der Waals surface area contributed by atoms with E-state index in [0.29, 0.717) is 5.82 Å². The van der Waals surface area contributed by atoms with Gasteiger partial charge in [0.15, 0.2) is 5.69 Å². The molecule has 0 atom stereocenters. The van der Waals surface area contributed by atoms with Crippen molar-refractivity contribution in [3.8, 4) is 12.1 Å². The van der Waals surface area contributed by atoms with E-state index in [1.165, 1.54) is 6.20 Å². The van der Waals surface area contributed by atoms with Gasteiger partial charge in [-0.2, -0.15) is 10.5 Å². The van der Waals surface area contributed by atoms with Crippen molar-refractivity contribution in [3.05, 3.63) is 22.7 Å². The molecule has 1 amide bonds. The van der Waals surface area contributed by atoms with Crippen molar-refractivity contribution in [2.45, 2.75) is 19.8 Å². The molecule has 0 fully saturated rings. The molecule has 0 saturated heterocycles. The molecule has 1 aromatic rings. The molecule has 7 heteroatoms. The average Bonchev–Trinajstić information content (AvgIpc) is 2.38. The number of aromatic nitrogens is 2. The lowest BCUT2D eigenvalue weighted by molar-refractivity contribution is 0.0788. The summed E-state index contributed by atoms with van der Waals surface area (Å²) in [4.78, 5) is 21.4. The number of halogens is 1. The van der Waals surface area contributed by atoms with E-state index >= 15 is 0 Å². The van der Waals surface area contributed by atoms with Gasteiger partial charge in [-0.05, 0) is 0 Å². The molecule has 1 rings (SSSR count). The molecule has 0 spiro atoms. The fourth-order valence-electron chi connectivity index (χ4n) is 1.33. The van der Waals surface area contributed by atoms with Crippen LogP contribution in [0.5, 0.6) is 0 Å². The normalized spacial score (nSPS) is 9.79. The average molecular weight is 278 g/mol. The first-order valence-corrected chi connectivity index (χ1v) is 5.94. The molecule has 0 radical (unpaired) electrons. The fourth-order valence-corrected chi connectivity index (χ4v) is 1.50. The molecule has 0 unspecified atom stereocenters. The Hall–Kier alpha value is -2.18. The quantitative estimate of drug-likeness (QED) is 0.781. The molecule has 0 bridgehead atoms. The van der Waals surface area contributed by atoms with Crippen molar-refractivity contribution >= 4 is 17.5 Å². The Morgan fingerprint density at radius 2 is 2.00 bits per heavy atom. The monoisotopic (exact) mass is 277 g/mol. The second-order valence-electron chi connectivity index (χ2n) is 4.06. The predicted octanol–water partition coefficient (Wildman–Crippen LogP) is 1.74. The Morgan fingerprint density at radius 1 is 1.42 bits per heavy atom. The third kappa shape index (κ3) is 3.64. The Bertz CT molecular complexity index is 542. The SMILES string of the molecule is CC(C)c1ncc(Cl)c(C(=O)N(CC#N)CC#N)n1. The summed E-state index contributed by atoms with van der Waals surface area (Å²) >= 11 is 5.90. The lowest BCUT2D eigenvalue weighted by atomic mass is 10.2. The lowest BCUT2D eigenvalue weighted by Crippen LogP contribution is -2.33. The first kappa shape index (κ1) is 14.9. The van der Waals surface area contributed by atoms with E-state index in [2.05, 4.69) is 9.97 Å². The van der Waals surface area contributed by atoms with Gasteiger partial charge in [0.1, 0.15) is 18.9 Å². The summed E-state index contributed by atoms with van der Waals surface area (Å²) in [5.74, 6) is -0.0109. The van der Waals surface area contributed by atoms with Crippen LogP contribution in [-0.2, 0) is 0 Å². The molecular weight excluding hydrogens is 266 g/mol. The third-order valence-corrected chi connectivity index (χ3v) is 2.57. The maximum atomic E-state index is 12.2. The van der Waals surface area contributed by atoms with Crippen LogP contribution in [0.2, 0.25) is 5.02 Å². The van der Waals surface area contributed by atoms with Crippen LogP contribution in [0.25, 0.3) is 0 Å². The molecule has 0 aliphatic carbocycles. The first-order chi connectivity index (χ1) is 9.01. The number of nitriles is 2. The van der Waals surface area contributed by atoms with Gasteiger partial charge >= 0.3 is 0 Å². The Kier molecular flexibility index (Phi) is 5.23. The highest BCUT2D eigenvalue weighted by molar-refractivity contribution is 6.33. The van der Waals surface area contributed by atoms with Crippen LogP contribution >= 0.6 is 11.6 Å². The summed E-state index contributed by atoms with van der Waals surface area (Å²) in [5, 5.41) is 17.4. The number of carbonyl (C=O) groups excluding carboxylic acids is 1. The molecule has 0 aliphatic rings. The summed E-state index contributed by atoms with van der Waals surface area (Å²) < 4.78 is 0. The van der Waals surface area contributed by atoms with E-state index in [4.69, 9.17) is 22.1 Å². The van der Waals surface area contributed by atoms with Gasteiger partial charge < -0.3 is 4.90 Å². The minimum absolute atomic E-state index is 0.0193. The minimum Gasteiger partial charge on any atom is -0.311 e. The van der Waals surface area contributed by atoms with Crippen molar-refractivity contribution in [2.24, 2.45) is 0 Å². The highest BCUT2D eigenvalue weighted by Crippen LogP contribution is 2.17. The van der Waals surface area contributed by atoms with Crippen LogP contribution in [0.3, 0.4) is 0 Å². The van der Waals surface area contributed by atoms with E-state index in [1.54, 1.807) is 0 Å². The molecule has 0 saturated carbocycles. The smallest absolute Gasteiger partial charge is 0.275 e. The van der Waals surface area contributed by atoms with Crippen LogP contribution < -0.4 is 0 Å². The Morgan fingerprint density at radius 3 is 2.47 bits per heavy atom. The van der Waals surface area contributed by atoms with Crippen LogP contribution in [0.15, 0.2) is 6.20 Å². The number of hydrogen-bond donors (Lipinski definition) is 0. The summed E-state index contributed by atoms with van der Waals surface area (Å²) in [7, 11) is 0. The summed E-state index contributed by atoms with van der Waals surface area (Å²) in [6, 6.07) is 3.66. The summed E-state index contributed by atoms with van der Waals surface area (Å²) in [6.45, 7) is 3.40. The fraction of sp³-hybridized carbons (Fsp3) is 0.417. The van der Waals surface area contributed by atoms with E-state index in [9.17, 15) is 4.79 Å². The maximum absolute atomic E-state index is 12.2. The van der Waals surface area contributed by atoms with Gasteiger partial charge in [-0.1, -0.05) is 25.4 Å². The Balaban J connectivity index is 3.14. The standard InChI is InChI=1S/C12H12ClN5O/c1-8(2)11-16-7-9(13)10(17-11)12(19)18(5-3-14)6-4-15/h7-8H,5-6H2,1-2H3. The van der Waals surface area contributed by atoms with Gasteiger partial charge in [-0.15, -0.1) is 0 Å². The summed E-state index contributed by atoms with van der Waals surface area (Å²) in [6.07, 6.45) is 1.36. The van der Waals surface area contributed by atoms with Crippen LogP contribution in [0.4, 0.5) is 0 Å². The van der Waals surface area contributed by atoms with Crippen molar-refractivity contribution in [2.75, 3.05) is 13.1 Å². The van der Waals surface area contributed by atoms with Gasteiger partial charge in [0.05, 0.1) is 23.4 Å². The van der Waals surface area contributed by atoms with E-state index < -0.39 is 5.91 Å². The van der Waals surface area contributed by atoms with Gasteiger partial charge in [0.25, 0.3) is 5.91 Å². The second kappa shape index (κ2) is 6.67. The number of amides is 1. The third-order valence-electron chi connectivity index (χ3n) is 2.29. The zero-order valence-electron chi connectivity index (χ0n) is 10.6. The van der Waals surface area contributed by atoms with Crippen LogP contribution in [-0.4, -0.2) is 33.9 Å². The zero-order valence-corrected chi connectivity index (χ0v) is 11.3. The highest BCUT2D eigenvalue weighted by Gasteiger charge is 2.21. The molecule has 0 aromatic carbocycles. The van der Waals surface area contributed by atoms with Crippen molar-refractivity contribution in [1.29, 1.82) is 10.5 Å². The minimum atomic E-state index is -0.544. The molecule has 98 valence electrons. The van der Waals surface area contributed by atoms with Crippen molar-refractivity contribution < 1.29 is 4.79 Å². The molecule has 0 N–H and O–H groups in total. The number of rotatable bonds is 4. The van der Waals surface area contributed by atoms with E-state index in [-0.39, 0.29) is 29.7 Å². The number of hydrogen-bond acceptors (Lipinski definition) is 5. The lowest BCUT2D eigenvalue weighted by Gasteiger charge is -2.16. The second-order valence-corrected chi connectivity index (χ2v) is 4.46. The first-order valence-electron chi connectivity index (χ1n) is 5.56.